The third kappa shape index (κ3) is 6.71. The third-order valence-electron chi connectivity index (χ3n) is 3.85. The van der Waals surface area contributed by atoms with Crippen LogP contribution in [0, 0.1) is 0 Å². The zero-order valence-electron chi connectivity index (χ0n) is 15.6. The van der Waals surface area contributed by atoms with Crippen molar-refractivity contribution in [3.63, 3.8) is 0 Å². The van der Waals surface area contributed by atoms with Crippen LogP contribution < -0.4 is 16.0 Å². The minimum Gasteiger partial charge on any atom is -0.454 e. The summed E-state index contributed by atoms with van der Waals surface area (Å²) in [6, 6.07) is 13.4. The van der Waals surface area contributed by atoms with Crippen LogP contribution >= 0.6 is 0 Å². The summed E-state index contributed by atoms with van der Waals surface area (Å²) in [5.41, 5.74) is 0.855. The molecule has 2 rings (SSSR count). The predicted octanol–water partition coefficient (Wildman–Crippen LogP) is 0.294. The van der Waals surface area contributed by atoms with Gasteiger partial charge >= 0.3 is 5.97 Å². The van der Waals surface area contributed by atoms with E-state index in [1.807, 2.05) is 42.5 Å². The minimum absolute atomic E-state index is 0.127. The number of amides is 3. The van der Waals surface area contributed by atoms with Gasteiger partial charge in [-0.15, -0.1) is 0 Å². The second-order valence-electron chi connectivity index (χ2n) is 5.98. The molecule has 0 saturated carbocycles. The maximum atomic E-state index is 12.1. The zero-order chi connectivity index (χ0) is 20.4. The Morgan fingerprint density at radius 1 is 0.821 bits per heavy atom. The molecule has 8 nitrogen and oxygen atoms in total. The van der Waals surface area contributed by atoms with Crippen molar-refractivity contribution < 1.29 is 23.9 Å². The van der Waals surface area contributed by atoms with E-state index >= 15 is 0 Å². The molecule has 0 bridgehead atoms. The monoisotopic (exact) mass is 385 g/mol. The van der Waals surface area contributed by atoms with Crippen molar-refractivity contribution in [1.29, 1.82) is 0 Å². The van der Waals surface area contributed by atoms with Crippen molar-refractivity contribution in [2.24, 2.45) is 0 Å². The van der Waals surface area contributed by atoms with Gasteiger partial charge in [0.1, 0.15) is 6.54 Å². The first-order valence-corrected chi connectivity index (χ1v) is 8.92. The zero-order valence-corrected chi connectivity index (χ0v) is 15.6. The lowest BCUT2D eigenvalue weighted by Crippen LogP contribution is -2.39. The van der Waals surface area contributed by atoms with E-state index in [1.54, 1.807) is 6.92 Å². The molecule has 0 unspecified atom stereocenters. The van der Waals surface area contributed by atoms with Crippen LogP contribution in [0.2, 0.25) is 0 Å². The SMILES string of the molecule is CCNC(=O)CNC(=O)COC(=O)CNC(=O)Cc1cccc2ccccc12. The summed E-state index contributed by atoms with van der Waals surface area (Å²) in [5, 5.41) is 9.33. The molecule has 8 heteroatoms. The summed E-state index contributed by atoms with van der Waals surface area (Å²) in [6.45, 7) is 1.18. The summed E-state index contributed by atoms with van der Waals surface area (Å²) >= 11 is 0. The smallest absolute Gasteiger partial charge is 0.325 e. The summed E-state index contributed by atoms with van der Waals surface area (Å²) in [4.78, 5) is 46.5. The second-order valence-corrected chi connectivity index (χ2v) is 5.98. The van der Waals surface area contributed by atoms with Gasteiger partial charge in [0.05, 0.1) is 13.0 Å². The van der Waals surface area contributed by atoms with Crippen molar-refractivity contribution in [1.82, 2.24) is 16.0 Å². The Hall–Kier alpha value is -3.42. The Labute approximate surface area is 162 Å². The number of hydrogen-bond acceptors (Lipinski definition) is 5. The number of nitrogens with one attached hydrogen (secondary N) is 3. The maximum Gasteiger partial charge on any atom is 0.325 e. The molecule has 3 N–H and O–H groups in total. The van der Waals surface area contributed by atoms with E-state index < -0.39 is 18.5 Å². The van der Waals surface area contributed by atoms with Crippen LogP contribution in [0.3, 0.4) is 0 Å². The molecular weight excluding hydrogens is 362 g/mol. The van der Waals surface area contributed by atoms with Gasteiger partial charge in [0.25, 0.3) is 5.91 Å². The summed E-state index contributed by atoms with van der Waals surface area (Å²) < 4.78 is 4.77. The number of benzene rings is 2. The van der Waals surface area contributed by atoms with Gasteiger partial charge in [0, 0.05) is 6.54 Å². The fourth-order valence-electron chi connectivity index (χ4n) is 2.54. The first-order valence-electron chi connectivity index (χ1n) is 8.92. The van der Waals surface area contributed by atoms with Crippen LogP contribution in [0.4, 0.5) is 0 Å². The molecule has 3 amide bonds. The van der Waals surface area contributed by atoms with Crippen LogP contribution in [0.5, 0.6) is 0 Å². The molecule has 0 aliphatic rings. The quantitative estimate of drug-likeness (QED) is 0.537. The standard InChI is InChI=1S/C20H23N3O5/c1-2-21-18(25)11-22-19(26)13-28-20(27)12-23-17(24)10-15-8-5-7-14-6-3-4-9-16(14)15/h3-9H,2,10-13H2,1H3,(H,21,25)(H,22,26)(H,23,24). The number of esters is 1. The van der Waals surface area contributed by atoms with Gasteiger partial charge < -0.3 is 20.7 Å². The summed E-state index contributed by atoms with van der Waals surface area (Å²) in [7, 11) is 0. The molecule has 0 aliphatic carbocycles. The number of carbonyl (C=O) groups is 4. The van der Waals surface area contributed by atoms with Gasteiger partial charge in [-0.1, -0.05) is 42.5 Å². The summed E-state index contributed by atoms with van der Waals surface area (Å²) in [6.07, 6.45) is 0.127. The molecule has 0 saturated heterocycles. The second kappa shape index (κ2) is 10.7. The Balaban J connectivity index is 1.71. The maximum absolute atomic E-state index is 12.1. The molecular formula is C20H23N3O5. The molecule has 0 aromatic heterocycles. The number of fused-ring (bicyclic) bond motifs is 1. The molecule has 0 heterocycles. The molecule has 2 aromatic carbocycles. The molecule has 0 radical (unpaired) electrons. The van der Waals surface area contributed by atoms with Gasteiger partial charge in [-0.05, 0) is 23.3 Å². The minimum atomic E-state index is -0.737. The van der Waals surface area contributed by atoms with Crippen molar-refractivity contribution >= 4 is 34.5 Å². The van der Waals surface area contributed by atoms with Crippen LogP contribution in [-0.4, -0.2) is 49.9 Å². The first-order chi connectivity index (χ1) is 13.5. The Kier molecular flexibility index (Phi) is 7.95. The van der Waals surface area contributed by atoms with Gasteiger partial charge in [0.15, 0.2) is 6.61 Å². The third-order valence-corrected chi connectivity index (χ3v) is 3.85. The topological polar surface area (TPSA) is 114 Å². The van der Waals surface area contributed by atoms with Crippen molar-refractivity contribution in [2.45, 2.75) is 13.3 Å². The van der Waals surface area contributed by atoms with E-state index in [0.717, 1.165) is 16.3 Å². The van der Waals surface area contributed by atoms with Crippen molar-refractivity contribution in [2.75, 3.05) is 26.2 Å². The van der Waals surface area contributed by atoms with Crippen molar-refractivity contribution in [3.8, 4) is 0 Å². The molecule has 28 heavy (non-hydrogen) atoms. The number of rotatable bonds is 9. The normalized spacial score (nSPS) is 10.2. The molecule has 0 spiro atoms. The van der Waals surface area contributed by atoms with Crippen molar-refractivity contribution in [3.05, 3.63) is 48.0 Å². The molecule has 0 aliphatic heterocycles. The van der Waals surface area contributed by atoms with Gasteiger partial charge in [-0.2, -0.15) is 0 Å². The van der Waals surface area contributed by atoms with E-state index in [2.05, 4.69) is 16.0 Å². The fourth-order valence-corrected chi connectivity index (χ4v) is 2.54. The Morgan fingerprint density at radius 2 is 1.54 bits per heavy atom. The summed E-state index contributed by atoms with van der Waals surface area (Å²) in [5.74, 6) is -1.99. The van der Waals surface area contributed by atoms with Crippen LogP contribution in [0.15, 0.2) is 42.5 Å². The van der Waals surface area contributed by atoms with E-state index in [1.165, 1.54) is 0 Å². The van der Waals surface area contributed by atoms with Gasteiger partial charge in [-0.25, -0.2) is 0 Å². The highest BCUT2D eigenvalue weighted by molar-refractivity contribution is 5.91. The van der Waals surface area contributed by atoms with E-state index in [9.17, 15) is 19.2 Å². The Morgan fingerprint density at radius 3 is 2.32 bits per heavy atom. The van der Waals surface area contributed by atoms with Gasteiger partial charge in [-0.3, -0.25) is 19.2 Å². The largest absolute Gasteiger partial charge is 0.454 e. The van der Waals surface area contributed by atoms with Crippen LogP contribution in [-0.2, 0) is 30.3 Å². The highest BCUT2D eigenvalue weighted by Gasteiger charge is 2.11. The van der Waals surface area contributed by atoms with E-state index in [4.69, 9.17) is 4.74 Å². The fraction of sp³-hybridized carbons (Fsp3) is 0.300. The number of hydrogen-bond donors (Lipinski definition) is 3. The molecule has 0 atom stereocenters. The molecule has 0 fully saturated rings. The molecule has 2 aromatic rings. The lowest BCUT2D eigenvalue weighted by molar-refractivity contribution is -0.148. The number of likely N-dealkylation sites (N-methyl/N-ethyl adjacent to an activating group) is 1. The van der Waals surface area contributed by atoms with Crippen LogP contribution in [0.25, 0.3) is 10.8 Å². The van der Waals surface area contributed by atoms with Gasteiger partial charge in [0.2, 0.25) is 11.8 Å². The average molecular weight is 385 g/mol. The van der Waals surface area contributed by atoms with E-state index in [0.29, 0.717) is 6.54 Å². The number of ether oxygens (including phenoxy) is 1. The molecule has 148 valence electrons. The highest BCUT2D eigenvalue weighted by atomic mass is 16.5. The van der Waals surface area contributed by atoms with E-state index in [-0.39, 0.29) is 31.3 Å². The Bertz CT molecular complexity index is 861. The number of carbonyl (C=O) groups excluding carboxylic acids is 4. The highest BCUT2D eigenvalue weighted by Crippen LogP contribution is 2.18. The lowest BCUT2D eigenvalue weighted by atomic mass is 10.0. The first kappa shape index (κ1) is 20.9. The predicted molar refractivity (Wildman–Crippen MR) is 103 cm³/mol. The van der Waals surface area contributed by atoms with Crippen LogP contribution in [0.1, 0.15) is 12.5 Å². The average Bonchev–Trinajstić information content (AvgIpc) is 2.69. The lowest BCUT2D eigenvalue weighted by Gasteiger charge is -2.09.